The van der Waals surface area contributed by atoms with Crippen molar-refractivity contribution in [1.29, 1.82) is 0 Å². The molecule has 1 N–H and O–H groups in total. The van der Waals surface area contributed by atoms with Crippen molar-refractivity contribution in [3.05, 3.63) is 51.8 Å². The van der Waals surface area contributed by atoms with Crippen LogP contribution >= 0.6 is 11.6 Å². The Balaban J connectivity index is 1.41. The number of halogens is 3. The highest BCUT2D eigenvalue weighted by Crippen LogP contribution is 2.43. The van der Waals surface area contributed by atoms with Crippen LogP contribution in [0.4, 0.5) is 14.5 Å². The van der Waals surface area contributed by atoms with Crippen LogP contribution in [0.2, 0.25) is 5.02 Å². The first-order chi connectivity index (χ1) is 19.2. The molecule has 0 spiro atoms. The van der Waals surface area contributed by atoms with Crippen LogP contribution in [-0.2, 0) is 27.3 Å². The summed E-state index contributed by atoms with van der Waals surface area (Å²) in [5, 5.41) is 2.41. The summed E-state index contributed by atoms with van der Waals surface area (Å²) in [5.41, 5.74) is -0.194. The fraction of sp³-hybridized carbons (Fsp3) is 0.548. The minimum atomic E-state index is -1.11. The van der Waals surface area contributed by atoms with Crippen LogP contribution in [0.1, 0.15) is 106 Å². The largest absolute Gasteiger partial charge is 0.460 e. The van der Waals surface area contributed by atoms with Crippen LogP contribution < -0.4 is 5.32 Å². The summed E-state index contributed by atoms with van der Waals surface area (Å²) in [4.78, 5) is 51.9. The molecule has 1 aromatic heterocycles. The molecule has 0 unspecified atom stereocenters. The second-order valence-corrected chi connectivity index (χ2v) is 13.0. The molecule has 1 aromatic carbocycles. The highest BCUT2D eigenvalue weighted by atomic mass is 35.5. The van der Waals surface area contributed by atoms with Gasteiger partial charge < -0.3 is 14.6 Å². The lowest BCUT2D eigenvalue weighted by Gasteiger charge is -2.37. The number of anilines is 1. The number of hydrogen-bond acceptors (Lipinski definition) is 5. The van der Waals surface area contributed by atoms with Crippen LogP contribution in [0.15, 0.2) is 18.2 Å². The number of carbonyl (C=O) groups excluding carboxylic acids is 4. The van der Waals surface area contributed by atoms with Crippen LogP contribution in [-0.4, -0.2) is 33.6 Å². The highest BCUT2D eigenvalue weighted by molar-refractivity contribution is 6.48. The Morgan fingerprint density at radius 1 is 1.12 bits per heavy atom. The summed E-state index contributed by atoms with van der Waals surface area (Å²) in [6, 6.07) is 2.99. The van der Waals surface area contributed by atoms with Gasteiger partial charge in [-0.1, -0.05) is 18.5 Å². The maximum atomic E-state index is 13.6. The van der Waals surface area contributed by atoms with Crippen LogP contribution in [0, 0.1) is 23.0 Å². The zero-order chi connectivity index (χ0) is 30.1. The lowest BCUT2D eigenvalue weighted by Crippen LogP contribution is -2.31. The van der Waals surface area contributed by atoms with Crippen molar-refractivity contribution in [2.75, 3.05) is 5.32 Å². The SMILES string of the molecule is CC1(CC(=O)C(=O)c2c(Cl)c(C(=O)Nc3ccc(F)c(F)c3)c3n2CCC3)CCC(CCC(=O)OC(C)(C)C)CC1. The molecule has 41 heavy (non-hydrogen) atoms. The molecular weight excluding hydrogens is 554 g/mol. The Morgan fingerprint density at radius 3 is 2.44 bits per heavy atom. The second kappa shape index (κ2) is 12.0. The number of rotatable bonds is 9. The molecule has 1 aliphatic carbocycles. The van der Waals surface area contributed by atoms with E-state index in [0.29, 0.717) is 37.4 Å². The van der Waals surface area contributed by atoms with Crippen molar-refractivity contribution < 1.29 is 32.7 Å². The molecule has 1 amide bonds. The molecule has 1 saturated carbocycles. The molecule has 0 radical (unpaired) electrons. The first-order valence-corrected chi connectivity index (χ1v) is 14.5. The Bertz CT molecular complexity index is 1370. The number of ketones is 2. The molecule has 1 aliphatic heterocycles. The van der Waals surface area contributed by atoms with Gasteiger partial charge in [0, 0.05) is 36.8 Å². The number of esters is 1. The van der Waals surface area contributed by atoms with E-state index in [1.807, 2.05) is 27.7 Å². The fourth-order valence-corrected chi connectivity index (χ4v) is 6.30. The highest BCUT2D eigenvalue weighted by Gasteiger charge is 2.38. The van der Waals surface area contributed by atoms with Crippen LogP contribution in [0.25, 0.3) is 0 Å². The molecule has 0 bridgehead atoms. The third kappa shape index (κ3) is 7.23. The number of nitrogens with zero attached hydrogens (tertiary/aromatic N) is 1. The molecule has 2 heterocycles. The Labute approximate surface area is 244 Å². The van der Waals surface area contributed by atoms with Crippen molar-refractivity contribution in [1.82, 2.24) is 4.57 Å². The summed E-state index contributed by atoms with van der Waals surface area (Å²) >= 11 is 6.57. The molecule has 0 saturated heterocycles. The smallest absolute Gasteiger partial charge is 0.306 e. The molecule has 1 fully saturated rings. The molecular formula is C31H37ClF2N2O5. The summed E-state index contributed by atoms with van der Waals surface area (Å²) < 4.78 is 34.0. The molecule has 2 aliphatic rings. The summed E-state index contributed by atoms with van der Waals surface area (Å²) in [5.74, 6) is -3.93. The fourth-order valence-electron chi connectivity index (χ4n) is 5.92. The predicted molar refractivity (Wildman–Crippen MR) is 151 cm³/mol. The normalized spacial score (nSPS) is 20.4. The second-order valence-electron chi connectivity index (χ2n) is 12.6. The average Bonchev–Trinajstić information content (AvgIpc) is 3.43. The van der Waals surface area contributed by atoms with Gasteiger partial charge in [-0.25, -0.2) is 8.78 Å². The first-order valence-electron chi connectivity index (χ1n) is 14.1. The van der Waals surface area contributed by atoms with E-state index >= 15 is 0 Å². The lowest BCUT2D eigenvalue weighted by atomic mass is 9.68. The summed E-state index contributed by atoms with van der Waals surface area (Å²) in [6.07, 6.45) is 5.56. The number of aromatic nitrogens is 1. The average molecular weight is 591 g/mol. The minimum Gasteiger partial charge on any atom is -0.460 e. The van der Waals surface area contributed by atoms with Crippen LogP contribution in [0.3, 0.4) is 0 Å². The molecule has 10 heteroatoms. The van der Waals surface area contributed by atoms with Gasteiger partial charge >= 0.3 is 5.97 Å². The van der Waals surface area contributed by atoms with Crippen molar-refractivity contribution in [3.63, 3.8) is 0 Å². The van der Waals surface area contributed by atoms with Crippen molar-refractivity contribution in [3.8, 4) is 0 Å². The van der Waals surface area contributed by atoms with Gasteiger partial charge in [0.15, 0.2) is 11.6 Å². The van der Waals surface area contributed by atoms with E-state index in [1.54, 1.807) is 4.57 Å². The van der Waals surface area contributed by atoms with E-state index in [1.165, 1.54) is 6.07 Å². The van der Waals surface area contributed by atoms with Gasteiger partial charge in [0.05, 0.1) is 10.6 Å². The van der Waals surface area contributed by atoms with E-state index in [2.05, 4.69) is 5.32 Å². The van der Waals surface area contributed by atoms with Gasteiger partial charge in [0.1, 0.15) is 11.3 Å². The molecule has 0 atom stereocenters. The zero-order valence-electron chi connectivity index (χ0n) is 24.0. The molecule has 222 valence electrons. The molecule has 4 rings (SSSR count). The predicted octanol–water partition coefficient (Wildman–Crippen LogP) is 7.08. The van der Waals surface area contributed by atoms with Gasteiger partial charge in [-0.05, 0) is 89.2 Å². The molecule has 2 aromatic rings. The van der Waals surface area contributed by atoms with Gasteiger partial charge in [0.2, 0.25) is 11.6 Å². The topological polar surface area (TPSA) is 94.5 Å². The van der Waals surface area contributed by atoms with Gasteiger partial charge in [-0.3, -0.25) is 19.2 Å². The van der Waals surface area contributed by atoms with Crippen molar-refractivity contribution >= 4 is 40.7 Å². The van der Waals surface area contributed by atoms with Crippen molar-refractivity contribution in [2.24, 2.45) is 11.3 Å². The number of nitrogens with one attached hydrogen (secondary N) is 1. The number of amides is 1. The van der Waals surface area contributed by atoms with Crippen molar-refractivity contribution in [2.45, 2.75) is 97.6 Å². The maximum absolute atomic E-state index is 13.6. The van der Waals surface area contributed by atoms with E-state index in [4.69, 9.17) is 16.3 Å². The van der Waals surface area contributed by atoms with E-state index < -0.39 is 34.7 Å². The first kappa shape index (κ1) is 30.9. The third-order valence-electron chi connectivity index (χ3n) is 8.06. The quantitative estimate of drug-likeness (QED) is 0.191. The standard InChI is InChI=1S/C31H37ClF2N2O5/c1-30(2,3)41-24(38)10-7-18-11-13-31(4,14-12-18)17-23(37)28(39)27-26(32)25(22-6-5-15-36(22)27)29(40)35-19-8-9-20(33)21(34)16-19/h8-9,16,18H,5-7,10-15,17H2,1-4H3,(H,35,40). The number of benzene rings is 1. The number of hydrogen-bond donors (Lipinski definition) is 1. The number of carbonyl (C=O) groups is 4. The Hall–Kier alpha value is -3.07. The summed E-state index contributed by atoms with van der Waals surface area (Å²) in [7, 11) is 0. The monoisotopic (exact) mass is 590 g/mol. The summed E-state index contributed by atoms with van der Waals surface area (Å²) in [6.45, 7) is 7.98. The number of ether oxygens (including phenoxy) is 1. The third-order valence-corrected chi connectivity index (χ3v) is 8.42. The van der Waals surface area contributed by atoms with E-state index in [9.17, 15) is 28.0 Å². The Kier molecular flexibility index (Phi) is 9.07. The Morgan fingerprint density at radius 2 is 1.80 bits per heavy atom. The maximum Gasteiger partial charge on any atom is 0.306 e. The zero-order valence-corrected chi connectivity index (χ0v) is 24.8. The minimum absolute atomic E-state index is 0.00856. The lowest BCUT2D eigenvalue weighted by molar-refractivity contribution is -0.155. The van der Waals surface area contributed by atoms with Gasteiger partial charge in [-0.2, -0.15) is 0 Å². The van der Waals surface area contributed by atoms with Gasteiger partial charge in [0.25, 0.3) is 5.91 Å². The number of fused-ring (bicyclic) bond motifs is 1. The van der Waals surface area contributed by atoms with Crippen LogP contribution in [0.5, 0.6) is 0 Å². The van der Waals surface area contributed by atoms with E-state index in [0.717, 1.165) is 44.2 Å². The number of Topliss-reactive ketones (excluding diaryl/α,β-unsaturated/α-hetero) is 2. The molecule has 7 nitrogen and oxygen atoms in total. The van der Waals surface area contributed by atoms with E-state index in [-0.39, 0.29) is 39.8 Å². The van der Waals surface area contributed by atoms with Gasteiger partial charge in [-0.15, -0.1) is 0 Å².